The van der Waals surface area contributed by atoms with Gasteiger partial charge in [-0.05, 0) is 11.7 Å². The van der Waals surface area contributed by atoms with Crippen LogP contribution >= 0.6 is 11.8 Å². The lowest BCUT2D eigenvalue weighted by Gasteiger charge is -2.06. The van der Waals surface area contributed by atoms with Crippen LogP contribution in [0.5, 0.6) is 0 Å². The van der Waals surface area contributed by atoms with Crippen LogP contribution in [0.25, 0.3) is 0 Å². The Kier molecular flexibility index (Phi) is 5.48. The first-order valence-corrected chi connectivity index (χ1v) is 6.55. The van der Waals surface area contributed by atoms with Crippen LogP contribution in [0.1, 0.15) is 30.6 Å². The Morgan fingerprint density at radius 3 is 2.60 bits per heavy atom. The summed E-state index contributed by atoms with van der Waals surface area (Å²) >= 11 is 1.74. The van der Waals surface area contributed by atoms with E-state index in [1.165, 1.54) is 6.42 Å². The summed E-state index contributed by atoms with van der Waals surface area (Å²) in [5.74, 6) is 2.63. The van der Waals surface area contributed by atoms with E-state index in [4.69, 9.17) is 0 Å². The molecule has 0 bridgehead atoms. The number of carbonyl (C=O) groups is 1. The number of hydrogen-bond donors (Lipinski definition) is 0. The van der Waals surface area contributed by atoms with Crippen molar-refractivity contribution < 1.29 is 4.79 Å². The number of ketones is 1. The lowest BCUT2D eigenvalue weighted by Crippen LogP contribution is -2.05. The molecule has 0 heterocycles. The van der Waals surface area contributed by atoms with Gasteiger partial charge in [-0.15, -0.1) is 0 Å². The number of hydrogen-bond acceptors (Lipinski definition) is 2. The Morgan fingerprint density at radius 2 is 2.00 bits per heavy atom. The molecule has 0 radical (unpaired) electrons. The molecule has 0 saturated heterocycles. The molecule has 0 N–H and O–H groups in total. The zero-order chi connectivity index (χ0) is 11.1. The molecule has 0 aliphatic carbocycles. The van der Waals surface area contributed by atoms with Gasteiger partial charge in [0.25, 0.3) is 0 Å². The highest BCUT2D eigenvalue weighted by Gasteiger charge is 2.06. The van der Waals surface area contributed by atoms with Crippen molar-refractivity contribution in [2.45, 2.75) is 20.3 Å². The zero-order valence-electron chi connectivity index (χ0n) is 9.40. The largest absolute Gasteiger partial charge is 0.293 e. The number of benzene rings is 1. The molecule has 1 rings (SSSR count). The van der Waals surface area contributed by atoms with E-state index in [1.54, 1.807) is 11.8 Å². The van der Waals surface area contributed by atoms with Crippen LogP contribution in [0, 0.1) is 5.92 Å². The highest BCUT2D eigenvalue weighted by atomic mass is 32.2. The Hall–Kier alpha value is -0.760. The predicted octanol–water partition coefficient (Wildman–Crippen LogP) is 3.65. The van der Waals surface area contributed by atoms with E-state index in [-0.39, 0.29) is 5.78 Å². The fourth-order valence-corrected chi connectivity index (χ4v) is 2.29. The number of Topliss-reactive ketones (excluding diaryl/α,β-unsaturated/α-hetero) is 1. The summed E-state index contributed by atoms with van der Waals surface area (Å²) in [6.45, 7) is 4.41. The van der Waals surface area contributed by atoms with E-state index < -0.39 is 0 Å². The SMILES string of the molecule is CCC(C)CSCC(=O)c1ccccc1. The molecule has 0 amide bonds. The summed E-state index contributed by atoms with van der Waals surface area (Å²) < 4.78 is 0. The van der Waals surface area contributed by atoms with Crippen molar-refractivity contribution in [2.24, 2.45) is 5.92 Å². The maximum absolute atomic E-state index is 11.7. The molecule has 0 aliphatic heterocycles. The van der Waals surface area contributed by atoms with Crippen molar-refractivity contribution >= 4 is 17.5 Å². The fourth-order valence-electron chi connectivity index (χ4n) is 1.18. The van der Waals surface area contributed by atoms with Crippen molar-refractivity contribution in [1.29, 1.82) is 0 Å². The molecule has 1 unspecified atom stereocenters. The van der Waals surface area contributed by atoms with Crippen LogP contribution in [0.3, 0.4) is 0 Å². The molecule has 2 heteroatoms. The molecule has 0 spiro atoms. The van der Waals surface area contributed by atoms with Gasteiger partial charge >= 0.3 is 0 Å². The van der Waals surface area contributed by atoms with E-state index in [9.17, 15) is 4.79 Å². The second-order valence-electron chi connectivity index (χ2n) is 3.82. The van der Waals surface area contributed by atoms with Gasteiger partial charge in [-0.3, -0.25) is 4.79 Å². The van der Waals surface area contributed by atoms with Gasteiger partial charge in [-0.25, -0.2) is 0 Å². The monoisotopic (exact) mass is 222 g/mol. The van der Waals surface area contributed by atoms with Crippen LogP contribution in [-0.4, -0.2) is 17.3 Å². The summed E-state index contributed by atoms with van der Waals surface area (Å²) in [6.07, 6.45) is 1.19. The Morgan fingerprint density at radius 1 is 1.33 bits per heavy atom. The molecule has 0 saturated carbocycles. The third-order valence-corrected chi connectivity index (χ3v) is 3.70. The summed E-state index contributed by atoms with van der Waals surface area (Å²) in [4.78, 5) is 11.7. The minimum Gasteiger partial charge on any atom is -0.293 e. The Bertz CT molecular complexity index is 295. The first-order chi connectivity index (χ1) is 7.24. The van der Waals surface area contributed by atoms with E-state index in [2.05, 4.69) is 13.8 Å². The summed E-state index contributed by atoms with van der Waals surface area (Å²) in [6, 6.07) is 9.51. The highest BCUT2D eigenvalue weighted by Crippen LogP contribution is 2.13. The maximum Gasteiger partial charge on any atom is 0.172 e. The molecule has 0 aliphatic rings. The molecule has 1 aromatic rings. The van der Waals surface area contributed by atoms with E-state index >= 15 is 0 Å². The van der Waals surface area contributed by atoms with Gasteiger partial charge in [0.05, 0.1) is 5.75 Å². The molecule has 1 atom stereocenters. The van der Waals surface area contributed by atoms with Crippen molar-refractivity contribution in [3.8, 4) is 0 Å². The number of rotatable bonds is 6. The van der Waals surface area contributed by atoms with Crippen molar-refractivity contribution in [1.82, 2.24) is 0 Å². The average Bonchev–Trinajstić information content (AvgIpc) is 2.29. The van der Waals surface area contributed by atoms with Crippen molar-refractivity contribution in [2.75, 3.05) is 11.5 Å². The average molecular weight is 222 g/mol. The summed E-state index contributed by atoms with van der Waals surface area (Å²) in [7, 11) is 0. The molecular weight excluding hydrogens is 204 g/mol. The molecule has 1 aromatic carbocycles. The van der Waals surface area contributed by atoms with Gasteiger partial charge < -0.3 is 0 Å². The molecular formula is C13H18OS. The molecule has 0 aromatic heterocycles. The summed E-state index contributed by atoms with van der Waals surface area (Å²) in [5.41, 5.74) is 0.828. The molecule has 82 valence electrons. The van der Waals surface area contributed by atoms with Gasteiger partial charge in [-0.1, -0.05) is 50.6 Å². The Labute approximate surface area is 96.3 Å². The second-order valence-corrected chi connectivity index (χ2v) is 4.85. The fraction of sp³-hybridized carbons (Fsp3) is 0.462. The quantitative estimate of drug-likeness (QED) is 0.683. The highest BCUT2D eigenvalue weighted by molar-refractivity contribution is 7.99. The van der Waals surface area contributed by atoms with Crippen molar-refractivity contribution in [3.63, 3.8) is 0 Å². The zero-order valence-corrected chi connectivity index (χ0v) is 10.2. The standard InChI is InChI=1S/C13H18OS/c1-3-11(2)9-15-10-13(14)12-7-5-4-6-8-12/h4-8,11H,3,9-10H2,1-2H3. The third kappa shape index (κ3) is 4.52. The van der Waals surface area contributed by atoms with Gasteiger partial charge in [0.1, 0.15) is 0 Å². The van der Waals surface area contributed by atoms with Gasteiger partial charge in [0, 0.05) is 5.56 Å². The second kappa shape index (κ2) is 6.67. The minimum atomic E-state index is 0.240. The van der Waals surface area contributed by atoms with E-state index in [0.29, 0.717) is 11.7 Å². The van der Waals surface area contributed by atoms with Crippen LogP contribution in [0.15, 0.2) is 30.3 Å². The molecule has 0 fully saturated rings. The minimum absolute atomic E-state index is 0.240. The lowest BCUT2D eigenvalue weighted by molar-refractivity contribution is 0.102. The van der Waals surface area contributed by atoms with E-state index in [1.807, 2.05) is 30.3 Å². The lowest BCUT2D eigenvalue weighted by atomic mass is 10.1. The van der Waals surface area contributed by atoms with Gasteiger partial charge in [-0.2, -0.15) is 11.8 Å². The van der Waals surface area contributed by atoms with Crippen LogP contribution < -0.4 is 0 Å². The number of carbonyl (C=O) groups excluding carboxylic acids is 1. The Balaban J connectivity index is 2.31. The first-order valence-electron chi connectivity index (χ1n) is 5.40. The summed E-state index contributed by atoms with van der Waals surface area (Å²) in [5, 5.41) is 0. The van der Waals surface area contributed by atoms with Gasteiger partial charge in [0.2, 0.25) is 0 Å². The van der Waals surface area contributed by atoms with Crippen molar-refractivity contribution in [3.05, 3.63) is 35.9 Å². The van der Waals surface area contributed by atoms with Gasteiger partial charge in [0.15, 0.2) is 5.78 Å². The molecule has 1 nitrogen and oxygen atoms in total. The smallest absolute Gasteiger partial charge is 0.172 e. The predicted molar refractivity (Wildman–Crippen MR) is 67.6 cm³/mol. The topological polar surface area (TPSA) is 17.1 Å². The maximum atomic E-state index is 11.7. The van der Waals surface area contributed by atoms with Crippen LogP contribution in [0.2, 0.25) is 0 Å². The van der Waals surface area contributed by atoms with E-state index in [0.717, 1.165) is 11.3 Å². The van der Waals surface area contributed by atoms with Crippen LogP contribution in [0.4, 0.5) is 0 Å². The molecule has 15 heavy (non-hydrogen) atoms. The van der Waals surface area contributed by atoms with Crippen LogP contribution in [-0.2, 0) is 0 Å². The third-order valence-electron chi connectivity index (χ3n) is 2.43. The normalized spacial score (nSPS) is 12.4. The number of thioether (sulfide) groups is 1. The first kappa shape index (κ1) is 12.3.